The predicted molar refractivity (Wildman–Crippen MR) is 90.4 cm³/mol. The molecule has 0 saturated carbocycles. The first-order chi connectivity index (χ1) is 10.8. The number of carbonyl (C=O) groups is 1. The third kappa shape index (κ3) is 4.77. The molecule has 1 unspecified atom stereocenters. The number of hydrogen-bond acceptors (Lipinski definition) is 4. The summed E-state index contributed by atoms with van der Waals surface area (Å²) in [5, 5.41) is 6.14. The minimum atomic E-state index is 0.00141. The van der Waals surface area contributed by atoms with Crippen molar-refractivity contribution in [3.8, 4) is 0 Å². The van der Waals surface area contributed by atoms with E-state index < -0.39 is 0 Å². The number of urea groups is 1. The van der Waals surface area contributed by atoms with Gasteiger partial charge in [-0.15, -0.1) is 0 Å². The van der Waals surface area contributed by atoms with Gasteiger partial charge in [-0.05, 0) is 56.9 Å². The van der Waals surface area contributed by atoms with Crippen LogP contribution in [0.3, 0.4) is 0 Å². The Labute approximate surface area is 137 Å². The summed E-state index contributed by atoms with van der Waals surface area (Å²) in [4.78, 5) is 14.6. The molecule has 0 aromatic carbocycles. The molecule has 22 heavy (non-hydrogen) atoms. The van der Waals surface area contributed by atoms with Gasteiger partial charge in [0.15, 0.2) is 0 Å². The lowest BCUT2D eigenvalue weighted by atomic mass is 9.95. The van der Waals surface area contributed by atoms with E-state index >= 15 is 0 Å². The molecule has 3 aliphatic heterocycles. The molecule has 1 atom stereocenters. The van der Waals surface area contributed by atoms with Gasteiger partial charge in [-0.2, -0.15) is 11.8 Å². The molecule has 6 heteroatoms. The minimum absolute atomic E-state index is 0.00141. The molecule has 2 N–H and O–H groups in total. The second kappa shape index (κ2) is 8.41. The Morgan fingerprint density at radius 1 is 1.14 bits per heavy atom. The quantitative estimate of drug-likeness (QED) is 0.825. The van der Waals surface area contributed by atoms with E-state index in [0.717, 1.165) is 38.6 Å². The van der Waals surface area contributed by atoms with Crippen LogP contribution < -0.4 is 10.6 Å². The van der Waals surface area contributed by atoms with Gasteiger partial charge in [0.2, 0.25) is 0 Å². The van der Waals surface area contributed by atoms with Gasteiger partial charge in [0.25, 0.3) is 0 Å². The van der Waals surface area contributed by atoms with Gasteiger partial charge >= 0.3 is 6.03 Å². The smallest absolute Gasteiger partial charge is 0.315 e. The van der Waals surface area contributed by atoms with Crippen molar-refractivity contribution in [2.45, 2.75) is 44.2 Å². The lowest BCUT2D eigenvalue weighted by Crippen LogP contribution is -2.47. The summed E-state index contributed by atoms with van der Waals surface area (Å²) in [7, 11) is 0. The zero-order valence-electron chi connectivity index (χ0n) is 13.4. The number of nitrogens with zero attached hydrogens (tertiary/aromatic N) is 1. The van der Waals surface area contributed by atoms with E-state index in [-0.39, 0.29) is 12.1 Å². The average Bonchev–Trinajstić information content (AvgIpc) is 3.09. The van der Waals surface area contributed by atoms with Crippen LogP contribution >= 0.6 is 11.8 Å². The van der Waals surface area contributed by atoms with Gasteiger partial charge in [-0.3, -0.25) is 4.90 Å². The lowest BCUT2D eigenvalue weighted by Gasteiger charge is -2.35. The largest absolute Gasteiger partial charge is 0.381 e. The molecule has 3 fully saturated rings. The monoisotopic (exact) mass is 327 g/mol. The molecule has 126 valence electrons. The van der Waals surface area contributed by atoms with Crippen LogP contribution in [-0.2, 0) is 4.74 Å². The highest BCUT2D eigenvalue weighted by atomic mass is 32.2. The fraction of sp³-hybridized carbons (Fsp3) is 0.938. The molecular weight excluding hydrogens is 298 g/mol. The first-order valence-corrected chi connectivity index (χ1v) is 9.90. The molecule has 3 aliphatic rings. The summed E-state index contributed by atoms with van der Waals surface area (Å²) >= 11 is 2.09. The van der Waals surface area contributed by atoms with Crippen molar-refractivity contribution in [1.29, 1.82) is 0 Å². The maximum Gasteiger partial charge on any atom is 0.315 e. The van der Waals surface area contributed by atoms with E-state index in [9.17, 15) is 4.79 Å². The minimum Gasteiger partial charge on any atom is -0.381 e. The molecule has 2 amide bonds. The number of hydrogen-bond donors (Lipinski definition) is 2. The summed E-state index contributed by atoms with van der Waals surface area (Å²) in [5.41, 5.74) is 0. The van der Waals surface area contributed by atoms with Crippen molar-refractivity contribution < 1.29 is 9.53 Å². The topological polar surface area (TPSA) is 53.6 Å². The number of amides is 2. The van der Waals surface area contributed by atoms with Crippen molar-refractivity contribution in [1.82, 2.24) is 15.5 Å². The molecule has 0 aliphatic carbocycles. The van der Waals surface area contributed by atoms with Crippen LogP contribution in [0.2, 0.25) is 0 Å². The van der Waals surface area contributed by atoms with Crippen LogP contribution in [0.1, 0.15) is 32.1 Å². The van der Waals surface area contributed by atoms with E-state index in [4.69, 9.17) is 4.74 Å². The second-order valence-electron chi connectivity index (χ2n) is 6.74. The highest BCUT2D eigenvalue weighted by Gasteiger charge is 2.27. The van der Waals surface area contributed by atoms with Crippen molar-refractivity contribution in [2.24, 2.45) is 5.92 Å². The van der Waals surface area contributed by atoms with Gasteiger partial charge in [-0.1, -0.05) is 0 Å². The Morgan fingerprint density at radius 2 is 1.91 bits per heavy atom. The molecular formula is C16H29N3O2S. The second-order valence-corrected chi connectivity index (χ2v) is 7.89. The zero-order chi connectivity index (χ0) is 15.2. The number of thioether (sulfide) groups is 1. The number of likely N-dealkylation sites (tertiary alicyclic amines) is 1. The van der Waals surface area contributed by atoms with Crippen LogP contribution in [0.4, 0.5) is 4.79 Å². The number of nitrogens with one attached hydrogen (secondary N) is 2. The molecule has 0 aromatic heterocycles. The van der Waals surface area contributed by atoms with Crippen molar-refractivity contribution >= 4 is 17.8 Å². The Kier molecular flexibility index (Phi) is 6.27. The average molecular weight is 327 g/mol. The summed E-state index contributed by atoms with van der Waals surface area (Å²) < 4.78 is 5.31. The summed E-state index contributed by atoms with van der Waals surface area (Å²) in [5.74, 6) is 3.29. The fourth-order valence-electron chi connectivity index (χ4n) is 3.65. The molecule has 5 nitrogen and oxygen atoms in total. The van der Waals surface area contributed by atoms with E-state index in [1.807, 2.05) is 0 Å². The van der Waals surface area contributed by atoms with Gasteiger partial charge in [0.1, 0.15) is 0 Å². The Morgan fingerprint density at radius 3 is 2.59 bits per heavy atom. The predicted octanol–water partition coefficient (Wildman–Crippen LogP) is 1.68. The van der Waals surface area contributed by atoms with Crippen molar-refractivity contribution in [3.63, 3.8) is 0 Å². The Balaban J connectivity index is 1.30. The lowest BCUT2D eigenvalue weighted by molar-refractivity contribution is 0.0799. The third-order valence-corrected chi connectivity index (χ3v) is 6.32. The Bertz CT molecular complexity index is 349. The highest BCUT2D eigenvalue weighted by Crippen LogP contribution is 2.26. The fourth-order valence-corrected chi connectivity index (χ4v) is 4.90. The Hall–Kier alpha value is -0.460. The molecule has 0 radical (unpaired) electrons. The number of piperidine rings is 1. The maximum atomic E-state index is 12.0. The molecule has 0 aromatic rings. The van der Waals surface area contributed by atoms with Crippen molar-refractivity contribution in [3.05, 3.63) is 0 Å². The standard InChI is InChI=1S/C16H29N3O2S/c20-16(18-14-3-8-21-9-4-14)17-11-13-1-6-19(7-2-13)15-5-10-22-12-15/h13-15H,1-12H2,(H2,17,18,20). The maximum absolute atomic E-state index is 12.0. The van der Waals surface area contributed by atoms with E-state index in [1.54, 1.807) is 0 Å². The molecule has 0 spiro atoms. The third-order valence-electron chi connectivity index (χ3n) is 5.18. The van der Waals surface area contributed by atoms with Crippen LogP contribution in [0, 0.1) is 5.92 Å². The molecule has 3 saturated heterocycles. The van der Waals surface area contributed by atoms with Crippen molar-refractivity contribution in [2.75, 3.05) is 44.4 Å². The molecule has 3 rings (SSSR count). The zero-order valence-corrected chi connectivity index (χ0v) is 14.2. The number of carbonyl (C=O) groups excluding carboxylic acids is 1. The van der Waals surface area contributed by atoms with E-state index in [2.05, 4.69) is 27.3 Å². The SMILES string of the molecule is O=C(NCC1CCN(C2CCSC2)CC1)NC1CCOCC1. The van der Waals surface area contributed by atoms with E-state index in [0.29, 0.717) is 5.92 Å². The van der Waals surface area contributed by atoms with Crippen LogP contribution in [0.15, 0.2) is 0 Å². The number of ether oxygens (including phenoxy) is 1. The first-order valence-electron chi connectivity index (χ1n) is 8.75. The normalized spacial score (nSPS) is 28.6. The summed E-state index contributed by atoms with van der Waals surface area (Å²) in [6.45, 7) is 4.77. The molecule has 0 bridgehead atoms. The summed E-state index contributed by atoms with van der Waals surface area (Å²) in [6, 6.07) is 1.10. The van der Waals surface area contributed by atoms with Gasteiger partial charge in [-0.25, -0.2) is 4.79 Å². The van der Waals surface area contributed by atoms with Gasteiger partial charge in [0.05, 0.1) is 0 Å². The van der Waals surface area contributed by atoms with Gasteiger partial charge in [0, 0.05) is 37.6 Å². The first kappa shape index (κ1) is 16.4. The number of rotatable bonds is 4. The molecule has 3 heterocycles. The van der Waals surface area contributed by atoms with Crippen LogP contribution in [-0.4, -0.2) is 67.4 Å². The van der Waals surface area contributed by atoms with Gasteiger partial charge < -0.3 is 15.4 Å². The van der Waals surface area contributed by atoms with Crippen LogP contribution in [0.5, 0.6) is 0 Å². The summed E-state index contributed by atoms with van der Waals surface area (Å²) in [6.07, 6.45) is 5.68. The van der Waals surface area contributed by atoms with Crippen LogP contribution in [0.25, 0.3) is 0 Å². The van der Waals surface area contributed by atoms with E-state index in [1.165, 1.54) is 43.9 Å². The highest BCUT2D eigenvalue weighted by molar-refractivity contribution is 7.99.